The van der Waals surface area contributed by atoms with Crippen molar-refractivity contribution in [2.24, 2.45) is 0 Å². The number of halogens is 2. The second kappa shape index (κ2) is 10.9. The Labute approximate surface area is 195 Å². The number of rotatable bonds is 7. The van der Waals surface area contributed by atoms with Crippen LogP contribution < -0.4 is 0 Å². The van der Waals surface area contributed by atoms with Crippen LogP contribution in [0.5, 0.6) is 0 Å². The summed E-state index contributed by atoms with van der Waals surface area (Å²) < 4.78 is 27.4. The summed E-state index contributed by atoms with van der Waals surface area (Å²) in [5.74, 6) is 4.84. The SMILES string of the molecule is CCCCCCCc1ccc(C#Cc2ccc(-c3ccc4c(F)c(F)ccc4c3)cc2)cc1. The van der Waals surface area contributed by atoms with Crippen LogP contribution in [0.3, 0.4) is 0 Å². The molecule has 0 saturated carbocycles. The fraction of sp³-hybridized carbons (Fsp3) is 0.226. The highest BCUT2D eigenvalue weighted by Crippen LogP contribution is 2.27. The maximum atomic E-state index is 13.9. The molecule has 0 amide bonds. The van der Waals surface area contributed by atoms with Gasteiger partial charge in [0.2, 0.25) is 0 Å². The van der Waals surface area contributed by atoms with Crippen molar-refractivity contribution in [2.45, 2.75) is 45.4 Å². The fourth-order valence-corrected chi connectivity index (χ4v) is 4.02. The molecule has 0 bridgehead atoms. The van der Waals surface area contributed by atoms with E-state index in [4.69, 9.17) is 0 Å². The molecular formula is C31H28F2. The lowest BCUT2D eigenvalue weighted by atomic mass is 10.00. The van der Waals surface area contributed by atoms with Gasteiger partial charge < -0.3 is 0 Å². The van der Waals surface area contributed by atoms with Gasteiger partial charge in [0.1, 0.15) is 0 Å². The molecule has 0 aromatic heterocycles. The molecule has 0 nitrogen and oxygen atoms in total. The standard InChI is InChI=1S/C31H28F2/c1-2-3-4-5-6-7-23-8-10-24(11-9-23)12-13-25-14-16-26(17-15-25)27-18-20-29-28(22-27)19-21-30(32)31(29)33/h8-11,14-22H,2-7H2,1H3. The lowest BCUT2D eigenvalue weighted by molar-refractivity contribution is 0.517. The van der Waals surface area contributed by atoms with Crippen molar-refractivity contribution in [3.05, 3.63) is 107 Å². The van der Waals surface area contributed by atoms with Crippen LogP contribution in [0.4, 0.5) is 8.78 Å². The number of fused-ring (bicyclic) bond motifs is 1. The van der Waals surface area contributed by atoms with Crippen LogP contribution in [0, 0.1) is 23.5 Å². The predicted octanol–water partition coefficient (Wildman–Crippen LogP) is 8.70. The van der Waals surface area contributed by atoms with Gasteiger partial charge in [-0.15, -0.1) is 0 Å². The molecule has 4 rings (SSSR count). The van der Waals surface area contributed by atoms with Gasteiger partial charge in [0, 0.05) is 16.5 Å². The molecule has 0 heterocycles. The molecule has 0 saturated heterocycles. The first-order valence-electron chi connectivity index (χ1n) is 11.7. The maximum Gasteiger partial charge on any atom is 0.166 e. The topological polar surface area (TPSA) is 0 Å². The van der Waals surface area contributed by atoms with E-state index in [9.17, 15) is 8.78 Å². The van der Waals surface area contributed by atoms with Gasteiger partial charge in [-0.3, -0.25) is 0 Å². The summed E-state index contributed by atoms with van der Waals surface area (Å²) in [6.45, 7) is 2.24. The molecule has 4 aromatic rings. The van der Waals surface area contributed by atoms with Crippen molar-refractivity contribution in [1.82, 2.24) is 0 Å². The van der Waals surface area contributed by atoms with Gasteiger partial charge in [0.05, 0.1) is 0 Å². The lowest BCUT2D eigenvalue weighted by Crippen LogP contribution is -1.87. The third-order valence-corrected chi connectivity index (χ3v) is 6.00. The first-order valence-corrected chi connectivity index (χ1v) is 11.7. The van der Waals surface area contributed by atoms with E-state index in [0.717, 1.165) is 28.7 Å². The molecular weight excluding hydrogens is 410 g/mol. The van der Waals surface area contributed by atoms with Gasteiger partial charge in [-0.1, -0.05) is 86.9 Å². The minimum absolute atomic E-state index is 0.295. The van der Waals surface area contributed by atoms with Crippen LogP contribution in [0.1, 0.15) is 55.7 Å². The van der Waals surface area contributed by atoms with Gasteiger partial charge in [-0.25, -0.2) is 8.78 Å². The van der Waals surface area contributed by atoms with Gasteiger partial charge in [0.25, 0.3) is 0 Å². The first kappa shape index (κ1) is 22.7. The summed E-state index contributed by atoms with van der Waals surface area (Å²) in [5.41, 5.74) is 5.29. The molecule has 0 atom stereocenters. The molecule has 0 radical (unpaired) electrons. The molecule has 2 heteroatoms. The minimum atomic E-state index is -0.824. The molecule has 0 spiro atoms. The lowest BCUT2D eigenvalue weighted by Gasteiger charge is -2.06. The molecule has 0 aliphatic carbocycles. The highest BCUT2D eigenvalue weighted by molar-refractivity contribution is 5.88. The van der Waals surface area contributed by atoms with Gasteiger partial charge in [-0.05, 0) is 71.3 Å². The number of benzene rings is 4. The quantitative estimate of drug-likeness (QED) is 0.200. The molecule has 4 aromatic carbocycles. The Kier molecular flexibility index (Phi) is 7.53. The zero-order valence-electron chi connectivity index (χ0n) is 19.0. The zero-order valence-corrected chi connectivity index (χ0v) is 19.0. The largest absolute Gasteiger partial charge is 0.204 e. The number of hydrogen-bond donors (Lipinski definition) is 0. The Morgan fingerprint density at radius 3 is 1.97 bits per heavy atom. The predicted molar refractivity (Wildman–Crippen MR) is 134 cm³/mol. The summed E-state index contributed by atoms with van der Waals surface area (Å²) in [4.78, 5) is 0. The molecule has 0 aliphatic heterocycles. The monoisotopic (exact) mass is 438 g/mol. The van der Waals surface area contributed by atoms with Crippen LogP contribution in [-0.4, -0.2) is 0 Å². The van der Waals surface area contributed by atoms with Crippen molar-refractivity contribution in [2.75, 3.05) is 0 Å². The second-order valence-electron chi connectivity index (χ2n) is 8.49. The summed E-state index contributed by atoms with van der Waals surface area (Å²) in [6.07, 6.45) is 7.63. The van der Waals surface area contributed by atoms with Gasteiger partial charge in [-0.2, -0.15) is 0 Å². The van der Waals surface area contributed by atoms with Crippen LogP contribution in [0.15, 0.2) is 78.9 Å². The van der Waals surface area contributed by atoms with Crippen molar-refractivity contribution in [3.8, 4) is 23.0 Å². The third kappa shape index (κ3) is 5.88. The van der Waals surface area contributed by atoms with Gasteiger partial charge in [0.15, 0.2) is 11.6 Å². The van der Waals surface area contributed by atoms with Crippen molar-refractivity contribution in [1.29, 1.82) is 0 Å². The molecule has 0 unspecified atom stereocenters. The summed E-state index contributed by atoms with van der Waals surface area (Å²) in [7, 11) is 0. The van der Waals surface area contributed by atoms with Crippen molar-refractivity contribution < 1.29 is 8.78 Å². The van der Waals surface area contributed by atoms with Crippen LogP contribution >= 0.6 is 0 Å². The number of aryl methyl sites for hydroxylation is 1. The molecule has 0 aliphatic rings. The Hall–Kier alpha value is -3.44. The third-order valence-electron chi connectivity index (χ3n) is 6.00. The van der Waals surface area contributed by atoms with E-state index in [1.807, 2.05) is 36.4 Å². The van der Waals surface area contributed by atoms with E-state index >= 15 is 0 Å². The Balaban J connectivity index is 1.40. The van der Waals surface area contributed by atoms with Crippen molar-refractivity contribution >= 4 is 10.8 Å². The Bertz CT molecular complexity index is 1270. The van der Waals surface area contributed by atoms with E-state index in [1.165, 1.54) is 43.7 Å². The molecule has 33 heavy (non-hydrogen) atoms. The van der Waals surface area contributed by atoms with Crippen LogP contribution in [-0.2, 0) is 6.42 Å². The summed E-state index contributed by atoms with van der Waals surface area (Å²) in [6, 6.07) is 24.6. The minimum Gasteiger partial charge on any atom is -0.204 e. The van der Waals surface area contributed by atoms with E-state index < -0.39 is 11.6 Å². The average Bonchev–Trinajstić information content (AvgIpc) is 2.86. The van der Waals surface area contributed by atoms with Crippen molar-refractivity contribution in [3.63, 3.8) is 0 Å². The highest BCUT2D eigenvalue weighted by atomic mass is 19.2. The number of unbranched alkanes of at least 4 members (excludes halogenated alkanes) is 4. The first-order chi connectivity index (χ1) is 16.1. The maximum absolute atomic E-state index is 13.9. The Morgan fingerprint density at radius 1 is 0.636 bits per heavy atom. The van der Waals surface area contributed by atoms with E-state index in [-0.39, 0.29) is 0 Å². The number of hydrogen-bond acceptors (Lipinski definition) is 0. The summed E-state index contributed by atoms with van der Waals surface area (Å²) in [5, 5.41) is 0.975. The highest BCUT2D eigenvalue weighted by Gasteiger charge is 2.08. The average molecular weight is 439 g/mol. The van der Waals surface area contributed by atoms with Gasteiger partial charge >= 0.3 is 0 Å². The molecule has 0 fully saturated rings. The Morgan fingerprint density at radius 2 is 1.27 bits per heavy atom. The second-order valence-corrected chi connectivity index (χ2v) is 8.49. The summed E-state index contributed by atoms with van der Waals surface area (Å²) >= 11 is 0. The van der Waals surface area contributed by atoms with Crippen LogP contribution in [0.25, 0.3) is 21.9 Å². The molecule has 166 valence electrons. The smallest absolute Gasteiger partial charge is 0.166 e. The fourth-order valence-electron chi connectivity index (χ4n) is 4.02. The molecule has 0 N–H and O–H groups in total. The van der Waals surface area contributed by atoms with E-state index in [1.54, 1.807) is 12.1 Å². The van der Waals surface area contributed by atoms with Crippen LogP contribution in [0.2, 0.25) is 0 Å². The van der Waals surface area contributed by atoms with E-state index in [0.29, 0.717) is 10.8 Å². The normalized spacial score (nSPS) is 10.8. The van der Waals surface area contributed by atoms with E-state index in [2.05, 4.69) is 43.0 Å². The zero-order chi connectivity index (χ0) is 23.0.